The van der Waals surface area contributed by atoms with Gasteiger partial charge < -0.3 is 14.6 Å². The highest BCUT2D eigenvalue weighted by Crippen LogP contribution is 2.36. The number of carbonyl (C=O) groups is 2. The Morgan fingerprint density at radius 2 is 2.07 bits per heavy atom. The van der Waals surface area contributed by atoms with Gasteiger partial charge in [-0.1, -0.05) is 11.6 Å². The van der Waals surface area contributed by atoms with E-state index in [1.54, 1.807) is 6.20 Å². The third kappa shape index (κ3) is 2.62. The Bertz CT molecular complexity index is 1050. The van der Waals surface area contributed by atoms with Crippen molar-refractivity contribution in [3.05, 3.63) is 41.7 Å². The molecule has 0 aliphatic carbocycles. The fourth-order valence-corrected chi connectivity index (χ4v) is 4.23. The fourth-order valence-electron chi connectivity index (χ4n) is 4.01. The number of aromatic amines is 1. The maximum absolute atomic E-state index is 13.0. The molecule has 3 aromatic rings. The summed E-state index contributed by atoms with van der Waals surface area (Å²) >= 11 is 6.24. The molecule has 2 fully saturated rings. The lowest BCUT2D eigenvalue weighted by Gasteiger charge is -2.38. The van der Waals surface area contributed by atoms with E-state index in [1.807, 2.05) is 12.1 Å². The van der Waals surface area contributed by atoms with Crippen molar-refractivity contribution < 1.29 is 14.0 Å². The maximum atomic E-state index is 13.0. The van der Waals surface area contributed by atoms with Crippen molar-refractivity contribution in [1.29, 1.82) is 0 Å². The van der Waals surface area contributed by atoms with Gasteiger partial charge in [0.2, 0.25) is 5.89 Å². The number of imide groups is 1. The van der Waals surface area contributed by atoms with E-state index in [0.29, 0.717) is 36.8 Å². The molecule has 144 valence electrons. The second kappa shape index (κ2) is 6.23. The summed E-state index contributed by atoms with van der Waals surface area (Å²) in [7, 11) is 0. The van der Waals surface area contributed by atoms with Crippen LogP contribution in [0, 0.1) is 0 Å². The summed E-state index contributed by atoms with van der Waals surface area (Å²) < 4.78 is 5.17. The van der Waals surface area contributed by atoms with Crippen molar-refractivity contribution in [2.75, 3.05) is 18.0 Å². The van der Waals surface area contributed by atoms with Gasteiger partial charge in [0.15, 0.2) is 0 Å². The number of carbonyl (C=O) groups excluding carboxylic acids is 2. The molecule has 2 aliphatic heterocycles. The molecule has 2 aliphatic rings. The van der Waals surface area contributed by atoms with E-state index >= 15 is 0 Å². The van der Waals surface area contributed by atoms with Gasteiger partial charge in [-0.15, -0.1) is 0 Å². The minimum absolute atomic E-state index is 0.0348. The fraction of sp³-hybridized carbons (Fsp3) is 0.333. The average molecular weight is 401 g/mol. The molecule has 9 nitrogen and oxygen atoms in total. The first-order valence-electron chi connectivity index (χ1n) is 8.96. The number of oxazole rings is 1. The molecular weight excluding hydrogens is 384 g/mol. The Balaban J connectivity index is 1.36. The predicted octanol–water partition coefficient (Wildman–Crippen LogP) is 2.30. The molecule has 0 saturated carbocycles. The number of benzene rings is 1. The van der Waals surface area contributed by atoms with Crippen LogP contribution >= 0.6 is 11.6 Å². The van der Waals surface area contributed by atoms with Crippen LogP contribution in [0.5, 0.6) is 0 Å². The molecule has 10 heteroatoms. The zero-order valence-electron chi connectivity index (χ0n) is 14.8. The largest absolute Gasteiger partial charge is 0.447 e. The van der Waals surface area contributed by atoms with Gasteiger partial charge in [0.1, 0.15) is 18.3 Å². The normalized spacial score (nSPS) is 19.0. The van der Waals surface area contributed by atoms with Gasteiger partial charge in [-0.2, -0.15) is 5.10 Å². The number of hydrogen-bond acceptors (Lipinski definition) is 6. The lowest BCUT2D eigenvalue weighted by atomic mass is 9.87. The summed E-state index contributed by atoms with van der Waals surface area (Å²) in [6, 6.07) is 3.33. The molecule has 0 radical (unpaired) electrons. The first-order chi connectivity index (χ1) is 13.6. The van der Waals surface area contributed by atoms with Crippen LogP contribution in [0.1, 0.15) is 18.7 Å². The van der Waals surface area contributed by atoms with Crippen LogP contribution in [-0.4, -0.2) is 50.6 Å². The monoisotopic (exact) mass is 400 g/mol. The van der Waals surface area contributed by atoms with E-state index in [4.69, 9.17) is 16.0 Å². The number of rotatable bonds is 3. The van der Waals surface area contributed by atoms with Gasteiger partial charge in [0, 0.05) is 29.2 Å². The van der Waals surface area contributed by atoms with Gasteiger partial charge in [-0.05, 0) is 25.0 Å². The van der Waals surface area contributed by atoms with Crippen LogP contribution in [0.25, 0.3) is 10.9 Å². The summed E-state index contributed by atoms with van der Waals surface area (Å²) in [5.41, 5.74) is 0.957. The number of H-pyrrole nitrogens is 1. The molecular formula is C18H17ClN6O3. The molecule has 2 saturated heterocycles. The Morgan fingerprint density at radius 3 is 2.82 bits per heavy atom. The van der Waals surface area contributed by atoms with Gasteiger partial charge in [0.25, 0.3) is 5.91 Å². The number of nitrogens with one attached hydrogen (secondary N) is 2. The van der Waals surface area contributed by atoms with Crippen molar-refractivity contribution in [3.8, 4) is 0 Å². The van der Waals surface area contributed by atoms with Crippen LogP contribution in [0.15, 0.2) is 35.2 Å². The second-order valence-electron chi connectivity index (χ2n) is 7.07. The number of aromatic nitrogens is 3. The van der Waals surface area contributed by atoms with E-state index in [9.17, 15) is 9.59 Å². The van der Waals surface area contributed by atoms with Crippen molar-refractivity contribution in [1.82, 2.24) is 25.4 Å². The van der Waals surface area contributed by atoms with Crippen molar-refractivity contribution in [3.63, 3.8) is 0 Å². The second-order valence-corrected chi connectivity index (χ2v) is 7.51. The molecule has 1 spiro atoms. The first-order valence-corrected chi connectivity index (χ1v) is 9.34. The minimum atomic E-state index is -0.881. The number of anilines is 1. The Hall–Kier alpha value is -3.07. The van der Waals surface area contributed by atoms with Crippen molar-refractivity contribution in [2.45, 2.75) is 24.9 Å². The molecule has 1 aromatic carbocycles. The van der Waals surface area contributed by atoms with Gasteiger partial charge in [0.05, 0.1) is 17.9 Å². The van der Waals surface area contributed by atoms with Gasteiger partial charge in [-0.3, -0.25) is 14.8 Å². The molecule has 5 rings (SSSR count). The lowest BCUT2D eigenvalue weighted by molar-refractivity contribution is -0.132. The topological polar surface area (TPSA) is 107 Å². The highest BCUT2D eigenvalue weighted by Gasteiger charge is 2.52. The number of halogens is 1. The SMILES string of the molecule is O=C1NC2(CCN(c3cc(Cl)cc4[nH]ncc34)CC2)C(=O)N1Cc1ncco1. The van der Waals surface area contributed by atoms with Gasteiger partial charge in [-0.25, -0.2) is 9.78 Å². The zero-order chi connectivity index (χ0) is 19.3. The first kappa shape index (κ1) is 17.1. The smallest absolute Gasteiger partial charge is 0.325 e. The molecule has 4 heterocycles. The van der Waals surface area contributed by atoms with E-state index in [1.165, 1.54) is 17.4 Å². The molecule has 0 atom stereocenters. The highest BCUT2D eigenvalue weighted by molar-refractivity contribution is 6.31. The summed E-state index contributed by atoms with van der Waals surface area (Å²) in [6.07, 6.45) is 5.69. The maximum Gasteiger partial charge on any atom is 0.325 e. The molecule has 0 bridgehead atoms. The van der Waals surface area contributed by atoms with Crippen LogP contribution in [0.4, 0.5) is 10.5 Å². The summed E-state index contributed by atoms with van der Waals surface area (Å²) in [6.45, 7) is 1.26. The Kier molecular flexibility index (Phi) is 3.80. The molecule has 28 heavy (non-hydrogen) atoms. The highest BCUT2D eigenvalue weighted by atomic mass is 35.5. The number of amides is 3. The van der Waals surface area contributed by atoms with Crippen molar-refractivity contribution in [2.24, 2.45) is 0 Å². The molecule has 3 amide bonds. The lowest BCUT2D eigenvalue weighted by Crippen LogP contribution is -2.55. The van der Waals surface area contributed by atoms with E-state index in [2.05, 4.69) is 25.4 Å². The van der Waals surface area contributed by atoms with E-state index in [-0.39, 0.29) is 12.5 Å². The summed E-state index contributed by atoms with van der Waals surface area (Å²) in [5.74, 6) is 0.106. The van der Waals surface area contributed by atoms with Crippen LogP contribution in [0.2, 0.25) is 5.02 Å². The number of fused-ring (bicyclic) bond motifs is 1. The van der Waals surface area contributed by atoms with Crippen LogP contribution in [-0.2, 0) is 11.3 Å². The quantitative estimate of drug-likeness (QED) is 0.653. The van der Waals surface area contributed by atoms with E-state index in [0.717, 1.165) is 16.6 Å². The molecule has 2 aromatic heterocycles. The van der Waals surface area contributed by atoms with Crippen molar-refractivity contribution >= 4 is 40.1 Å². The Morgan fingerprint density at radius 1 is 1.25 bits per heavy atom. The number of urea groups is 1. The average Bonchev–Trinajstić information content (AvgIpc) is 3.40. The Labute approximate surface area is 164 Å². The molecule has 2 N–H and O–H groups in total. The third-order valence-corrected chi connectivity index (χ3v) is 5.70. The number of nitrogens with zero attached hydrogens (tertiary/aromatic N) is 4. The predicted molar refractivity (Wildman–Crippen MR) is 101 cm³/mol. The van der Waals surface area contributed by atoms with E-state index < -0.39 is 11.6 Å². The van der Waals surface area contributed by atoms with Gasteiger partial charge >= 0.3 is 6.03 Å². The third-order valence-electron chi connectivity index (χ3n) is 5.48. The summed E-state index contributed by atoms with van der Waals surface area (Å²) in [4.78, 5) is 32.8. The van der Waals surface area contributed by atoms with Crippen LogP contribution in [0.3, 0.4) is 0 Å². The number of piperidine rings is 1. The zero-order valence-corrected chi connectivity index (χ0v) is 15.6. The number of hydrogen-bond donors (Lipinski definition) is 2. The summed E-state index contributed by atoms with van der Waals surface area (Å²) in [5, 5.41) is 11.5. The minimum Gasteiger partial charge on any atom is -0.447 e. The van der Waals surface area contributed by atoms with Crippen LogP contribution < -0.4 is 10.2 Å². The standard InChI is InChI=1S/C18H17ClN6O3/c19-11-7-13-12(9-21-23-13)14(8-11)24-4-1-18(2-5-24)16(26)25(17(27)22-18)10-15-20-3-6-28-15/h3,6-9H,1-2,4-5,10H2,(H,21,23)(H,22,27). The molecule has 0 unspecified atom stereocenters.